The molecule has 1 aromatic heterocycles. The van der Waals surface area contributed by atoms with Crippen LogP contribution in [0.3, 0.4) is 0 Å². The van der Waals surface area contributed by atoms with E-state index in [1.165, 1.54) is 24.8 Å². The Morgan fingerprint density at radius 3 is 3.00 bits per heavy atom. The van der Waals surface area contributed by atoms with Crippen LogP contribution in [0.2, 0.25) is 5.15 Å². The highest BCUT2D eigenvalue weighted by molar-refractivity contribution is 6.30. The van der Waals surface area contributed by atoms with Crippen LogP contribution in [0, 0.1) is 0 Å². The average Bonchev–Trinajstić information content (AvgIpc) is 2.76. The lowest BCUT2D eigenvalue weighted by molar-refractivity contribution is 0.260. The predicted octanol–water partition coefficient (Wildman–Crippen LogP) is 3.87. The second kappa shape index (κ2) is 4.87. The molecule has 0 saturated carbocycles. The predicted molar refractivity (Wildman–Crippen MR) is 75.9 cm³/mol. The summed E-state index contributed by atoms with van der Waals surface area (Å²) in [5.41, 5.74) is 2.12. The number of halogens is 1. The van der Waals surface area contributed by atoms with Gasteiger partial charge in [-0.2, -0.15) is 0 Å². The number of nitrogens with zero attached hydrogens (tertiary/aromatic N) is 2. The second-order valence-corrected chi connectivity index (χ2v) is 5.45. The molecule has 1 aromatic carbocycles. The van der Waals surface area contributed by atoms with Gasteiger partial charge in [-0.05, 0) is 38.4 Å². The normalized spacial score (nSPS) is 20.7. The summed E-state index contributed by atoms with van der Waals surface area (Å²) in [6.07, 6.45) is 2.58. The molecule has 1 atom stereocenters. The van der Waals surface area contributed by atoms with Gasteiger partial charge in [-0.1, -0.05) is 29.8 Å². The molecule has 0 aliphatic carbocycles. The molecule has 18 heavy (non-hydrogen) atoms. The number of hydrogen-bond donors (Lipinski definition) is 0. The van der Waals surface area contributed by atoms with Gasteiger partial charge in [0.25, 0.3) is 0 Å². The molecule has 3 rings (SSSR count). The van der Waals surface area contributed by atoms with E-state index < -0.39 is 0 Å². The number of aromatic nitrogens is 1. The Bertz CT molecular complexity index is 567. The van der Waals surface area contributed by atoms with Gasteiger partial charge in [-0.15, -0.1) is 0 Å². The van der Waals surface area contributed by atoms with Crippen LogP contribution >= 0.6 is 11.6 Å². The number of hydrogen-bond acceptors (Lipinski definition) is 2. The smallest absolute Gasteiger partial charge is 0.134 e. The van der Waals surface area contributed by atoms with Crippen molar-refractivity contribution in [3.8, 4) is 0 Å². The lowest BCUT2D eigenvalue weighted by atomic mass is 10.1. The number of benzene rings is 1. The summed E-state index contributed by atoms with van der Waals surface area (Å²) in [5, 5.41) is 1.82. The average molecular weight is 261 g/mol. The Kier molecular flexibility index (Phi) is 3.23. The lowest BCUT2D eigenvalue weighted by Gasteiger charge is -2.21. The highest BCUT2D eigenvalue weighted by Gasteiger charge is 2.21. The Balaban J connectivity index is 1.93. The van der Waals surface area contributed by atoms with Crippen LogP contribution in [0.15, 0.2) is 30.3 Å². The second-order valence-electron chi connectivity index (χ2n) is 5.09. The molecule has 1 saturated heterocycles. The fourth-order valence-corrected chi connectivity index (χ4v) is 2.90. The molecule has 1 aliphatic rings. The van der Waals surface area contributed by atoms with Gasteiger partial charge < -0.3 is 0 Å². The van der Waals surface area contributed by atoms with Gasteiger partial charge in [-0.25, -0.2) is 4.98 Å². The first-order chi connectivity index (χ1) is 8.74. The summed E-state index contributed by atoms with van der Waals surface area (Å²) in [7, 11) is 0. The van der Waals surface area contributed by atoms with E-state index >= 15 is 0 Å². The fraction of sp³-hybridized carbons (Fsp3) is 0.400. The molecule has 0 radical (unpaired) electrons. The molecule has 1 aliphatic heterocycles. The van der Waals surface area contributed by atoms with E-state index in [0.29, 0.717) is 11.2 Å². The first kappa shape index (κ1) is 11.9. The molecule has 1 fully saturated rings. The number of likely N-dealkylation sites (tertiary alicyclic amines) is 1. The third kappa shape index (κ3) is 2.23. The third-order valence-electron chi connectivity index (χ3n) is 3.81. The summed E-state index contributed by atoms with van der Waals surface area (Å²) in [6.45, 7) is 4.37. The molecule has 0 N–H and O–H groups in total. The van der Waals surface area contributed by atoms with Gasteiger partial charge in [0.15, 0.2) is 0 Å². The Hall–Kier alpha value is -1.12. The summed E-state index contributed by atoms with van der Waals surface area (Å²) >= 11 is 6.29. The van der Waals surface area contributed by atoms with Crippen LogP contribution in [0.5, 0.6) is 0 Å². The van der Waals surface area contributed by atoms with Crippen molar-refractivity contribution in [1.29, 1.82) is 0 Å². The van der Waals surface area contributed by atoms with E-state index in [4.69, 9.17) is 11.6 Å². The van der Waals surface area contributed by atoms with Crippen molar-refractivity contribution in [2.75, 3.05) is 6.54 Å². The number of rotatable bonds is 2. The summed E-state index contributed by atoms with van der Waals surface area (Å²) in [4.78, 5) is 6.97. The Morgan fingerprint density at radius 1 is 1.39 bits per heavy atom. The van der Waals surface area contributed by atoms with Crippen molar-refractivity contribution in [3.63, 3.8) is 0 Å². The molecular formula is C15H17ClN2. The quantitative estimate of drug-likeness (QED) is 0.762. The molecule has 0 amide bonds. The minimum Gasteiger partial charge on any atom is -0.296 e. The van der Waals surface area contributed by atoms with Gasteiger partial charge >= 0.3 is 0 Å². The van der Waals surface area contributed by atoms with Crippen molar-refractivity contribution < 1.29 is 0 Å². The maximum absolute atomic E-state index is 6.29. The van der Waals surface area contributed by atoms with Crippen molar-refractivity contribution in [1.82, 2.24) is 9.88 Å². The van der Waals surface area contributed by atoms with Crippen molar-refractivity contribution in [3.05, 3.63) is 41.0 Å². The van der Waals surface area contributed by atoms with Crippen LogP contribution in [-0.4, -0.2) is 22.5 Å². The zero-order chi connectivity index (χ0) is 12.5. The molecule has 2 heterocycles. The van der Waals surface area contributed by atoms with Gasteiger partial charge in [0.1, 0.15) is 5.15 Å². The highest BCUT2D eigenvalue weighted by atomic mass is 35.5. The Labute approximate surface area is 113 Å². The topological polar surface area (TPSA) is 16.1 Å². The minimum atomic E-state index is 0.646. The van der Waals surface area contributed by atoms with Gasteiger partial charge in [0, 0.05) is 23.5 Å². The van der Waals surface area contributed by atoms with E-state index in [2.05, 4.69) is 28.9 Å². The molecule has 94 valence electrons. The molecule has 1 unspecified atom stereocenters. The zero-order valence-corrected chi connectivity index (χ0v) is 11.3. The largest absolute Gasteiger partial charge is 0.296 e. The van der Waals surface area contributed by atoms with Crippen molar-refractivity contribution in [2.45, 2.75) is 32.4 Å². The van der Waals surface area contributed by atoms with Crippen molar-refractivity contribution >= 4 is 22.5 Å². The fourth-order valence-electron chi connectivity index (χ4n) is 2.69. The summed E-state index contributed by atoms with van der Waals surface area (Å²) in [5.74, 6) is 0. The lowest BCUT2D eigenvalue weighted by Crippen LogP contribution is -2.26. The molecular weight excluding hydrogens is 244 g/mol. The van der Waals surface area contributed by atoms with E-state index in [-0.39, 0.29) is 0 Å². The number of para-hydroxylation sites is 1. The SMILES string of the molecule is CC1CCCN1Cc1cc2ccccc2nc1Cl. The van der Waals surface area contributed by atoms with Crippen LogP contribution in [0.1, 0.15) is 25.3 Å². The standard InChI is InChI=1S/C15H17ClN2/c1-11-5-4-8-18(11)10-13-9-12-6-2-3-7-14(12)17-15(13)16/h2-3,6-7,9,11H,4-5,8,10H2,1H3. The van der Waals surface area contributed by atoms with Crippen molar-refractivity contribution in [2.24, 2.45) is 0 Å². The third-order valence-corrected chi connectivity index (χ3v) is 4.14. The first-order valence-corrected chi connectivity index (χ1v) is 6.90. The van der Waals surface area contributed by atoms with Crippen LogP contribution in [-0.2, 0) is 6.54 Å². The van der Waals surface area contributed by atoms with Gasteiger partial charge in [0.2, 0.25) is 0 Å². The van der Waals surface area contributed by atoms with Gasteiger partial charge in [-0.3, -0.25) is 4.90 Å². The monoisotopic (exact) mass is 260 g/mol. The first-order valence-electron chi connectivity index (χ1n) is 6.52. The minimum absolute atomic E-state index is 0.646. The van der Waals surface area contributed by atoms with Crippen LogP contribution < -0.4 is 0 Å². The maximum atomic E-state index is 6.29. The molecule has 2 nitrogen and oxygen atoms in total. The Morgan fingerprint density at radius 2 is 2.22 bits per heavy atom. The van der Waals surface area contributed by atoms with Gasteiger partial charge in [0.05, 0.1) is 5.52 Å². The molecule has 3 heteroatoms. The zero-order valence-electron chi connectivity index (χ0n) is 10.6. The van der Waals surface area contributed by atoms with E-state index in [9.17, 15) is 0 Å². The van der Waals surface area contributed by atoms with E-state index in [1.54, 1.807) is 0 Å². The molecule has 0 spiro atoms. The van der Waals surface area contributed by atoms with Crippen LogP contribution in [0.25, 0.3) is 10.9 Å². The highest BCUT2D eigenvalue weighted by Crippen LogP contribution is 2.25. The maximum Gasteiger partial charge on any atom is 0.134 e. The summed E-state index contributed by atoms with van der Waals surface area (Å²) < 4.78 is 0. The van der Waals surface area contributed by atoms with E-state index in [0.717, 1.165) is 17.6 Å². The molecule has 2 aromatic rings. The summed E-state index contributed by atoms with van der Waals surface area (Å²) in [6, 6.07) is 11.0. The number of pyridine rings is 1. The number of fused-ring (bicyclic) bond motifs is 1. The van der Waals surface area contributed by atoms with E-state index in [1.807, 2.05) is 18.2 Å². The van der Waals surface area contributed by atoms with Crippen LogP contribution in [0.4, 0.5) is 0 Å². The molecule has 0 bridgehead atoms.